The Bertz CT molecular complexity index is 421. The molecule has 3 nitrogen and oxygen atoms in total. The van der Waals surface area contributed by atoms with E-state index in [1.807, 2.05) is 6.07 Å². The molecule has 0 aromatic heterocycles. The first kappa shape index (κ1) is 16.2. The third-order valence-electron chi connectivity index (χ3n) is 3.94. The molecule has 116 valence electrons. The first-order valence-electron chi connectivity index (χ1n) is 8.14. The van der Waals surface area contributed by atoms with Crippen molar-refractivity contribution in [3.8, 4) is 0 Å². The molecular weight excluding hydrogens is 278 g/mol. The maximum absolute atomic E-state index is 5.43. The molecule has 1 aliphatic heterocycles. The van der Waals surface area contributed by atoms with Crippen molar-refractivity contribution < 1.29 is 0 Å². The fraction of sp³-hybridized carbons (Fsp3) is 0.588. The Morgan fingerprint density at radius 1 is 1.05 bits per heavy atom. The SMILES string of the molecule is CCCCCCCCN1CNC(=S)N(c2ccccc2)C1. The van der Waals surface area contributed by atoms with E-state index >= 15 is 0 Å². The summed E-state index contributed by atoms with van der Waals surface area (Å²) in [5.41, 5.74) is 1.17. The van der Waals surface area contributed by atoms with Crippen LogP contribution in [0.3, 0.4) is 0 Å². The molecule has 2 rings (SSSR count). The molecule has 0 saturated carbocycles. The standard InChI is InChI=1S/C17H27N3S/c1-2-3-4-5-6-10-13-19-14-18-17(21)20(15-19)16-11-8-7-9-12-16/h7-9,11-12H,2-6,10,13-15H2,1H3,(H,18,21). The second-order valence-corrected chi connectivity index (χ2v) is 6.09. The van der Waals surface area contributed by atoms with Crippen LogP contribution in [-0.4, -0.2) is 29.9 Å². The summed E-state index contributed by atoms with van der Waals surface area (Å²) in [6.45, 7) is 5.17. The quantitative estimate of drug-likeness (QED) is 0.578. The second-order valence-electron chi connectivity index (χ2n) is 5.71. The van der Waals surface area contributed by atoms with Gasteiger partial charge in [0.15, 0.2) is 5.11 Å². The first-order valence-corrected chi connectivity index (χ1v) is 8.55. The van der Waals surface area contributed by atoms with Crippen LogP contribution in [0.2, 0.25) is 0 Å². The summed E-state index contributed by atoms with van der Waals surface area (Å²) in [6.07, 6.45) is 8.07. The Morgan fingerprint density at radius 2 is 1.76 bits per heavy atom. The van der Waals surface area contributed by atoms with Crippen LogP contribution in [0.25, 0.3) is 0 Å². The maximum atomic E-state index is 5.43. The summed E-state index contributed by atoms with van der Waals surface area (Å²) < 4.78 is 0. The normalized spacial score (nSPS) is 16.0. The molecule has 0 aliphatic carbocycles. The number of unbranched alkanes of at least 4 members (excludes halogenated alkanes) is 5. The van der Waals surface area contributed by atoms with E-state index in [1.54, 1.807) is 0 Å². The highest BCUT2D eigenvalue weighted by Crippen LogP contribution is 2.16. The number of anilines is 1. The van der Waals surface area contributed by atoms with Gasteiger partial charge < -0.3 is 10.2 Å². The van der Waals surface area contributed by atoms with Crippen LogP contribution in [0.5, 0.6) is 0 Å². The molecule has 0 atom stereocenters. The third-order valence-corrected chi connectivity index (χ3v) is 4.30. The van der Waals surface area contributed by atoms with Gasteiger partial charge in [-0.2, -0.15) is 0 Å². The summed E-state index contributed by atoms with van der Waals surface area (Å²) in [4.78, 5) is 4.61. The minimum Gasteiger partial charge on any atom is -0.349 e. The summed E-state index contributed by atoms with van der Waals surface area (Å²) in [5, 5.41) is 4.16. The lowest BCUT2D eigenvalue weighted by Gasteiger charge is -2.38. The van der Waals surface area contributed by atoms with Gasteiger partial charge in [-0.25, -0.2) is 0 Å². The number of rotatable bonds is 8. The molecule has 0 spiro atoms. The van der Waals surface area contributed by atoms with Crippen LogP contribution in [0.4, 0.5) is 5.69 Å². The largest absolute Gasteiger partial charge is 0.349 e. The van der Waals surface area contributed by atoms with E-state index < -0.39 is 0 Å². The van der Waals surface area contributed by atoms with Gasteiger partial charge in [-0.05, 0) is 30.8 Å². The van der Waals surface area contributed by atoms with Crippen LogP contribution in [0.1, 0.15) is 45.4 Å². The number of para-hydroxylation sites is 1. The predicted molar refractivity (Wildman–Crippen MR) is 94.5 cm³/mol. The van der Waals surface area contributed by atoms with Gasteiger partial charge in [-0.3, -0.25) is 4.90 Å². The van der Waals surface area contributed by atoms with E-state index in [9.17, 15) is 0 Å². The zero-order chi connectivity index (χ0) is 14.9. The minimum absolute atomic E-state index is 0.834. The van der Waals surface area contributed by atoms with Crippen molar-refractivity contribution in [2.24, 2.45) is 0 Å². The molecule has 1 N–H and O–H groups in total. The van der Waals surface area contributed by atoms with Crippen molar-refractivity contribution in [3.63, 3.8) is 0 Å². The number of thiocarbonyl (C=S) groups is 1. The molecule has 1 heterocycles. The topological polar surface area (TPSA) is 18.5 Å². The van der Waals surface area contributed by atoms with Crippen molar-refractivity contribution in [1.82, 2.24) is 10.2 Å². The molecule has 0 amide bonds. The summed E-state index contributed by atoms with van der Waals surface area (Å²) in [6, 6.07) is 10.4. The van der Waals surface area contributed by atoms with Crippen molar-refractivity contribution in [2.45, 2.75) is 45.4 Å². The maximum Gasteiger partial charge on any atom is 0.175 e. The third kappa shape index (κ3) is 5.29. The van der Waals surface area contributed by atoms with Gasteiger partial charge >= 0.3 is 0 Å². The van der Waals surface area contributed by atoms with Crippen LogP contribution in [0, 0.1) is 0 Å². The van der Waals surface area contributed by atoms with E-state index in [1.165, 1.54) is 44.2 Å². The van der Waals surface area contributed by atoms with E-state index in [-0.39, 0.29) is 0 Å². The Kier molecular flexibility index (Phi) is 6.96. The predicted octanol–water partition coefficient (Wildman–Crippen LogP) is 3.96. The molecule has 4 heteroatoms. The highest BCUT2D eigenvalue weighted by molar-refractivity contribution is 7.80. The number of nitrogens with one attached hydrogen (secondary N) is 1. The highest BCUT2D eigenvalue weighted by Gasteiger charge is 2.20. The Labute approximate surface area is 134 Å². The van der Waals surface area contributed by atoms with Gasteiger partial charge in [0, 0.05) is 12.2 Å². The van der Waals surface area contributed by atoms with Gasteiger partial charge in [0.1, 0.15) is 0 Å². The Hall–Kier alpha value is -1.13. The average molecular weight is 305 g/mol. The molecule has 0 radical (unpaired) electrons. The number of nitrogens with zero attached hydrogens (tertiary/aromatic N) is 2. The molecule has 1 aromatic rings. The first-order chi connectivity index (χ1) is 10.3. The smallest absolute Gasteiger partial charge is 0.175 e. The lowest BCUT2D eigenvalue weighted by molar-refractivity contribution is 0.254. The summed E-state index contributed by atoms with van der Waals surface area (Å²) in [7, 11) is 0. The van der Waals surface area contributed by atoms with Crippen molar-refractivity contribution >= 4 is 23.0 Å². The van der Waals surface area contributed by atoms with E-state index in [0.29, 0.717) is 0 Å². The highest BCUT2D eigenvalue weighted by atomic mass is 32.1. The van der Waals surface area contributed by atoms with Gasteiger partial charge in [0.2, 0.25) is 0 Å². The van der Waals surface area contributed by atoms with Gasteiger partial charge in [-0.1, -0.05) is 57.2 Å². The average Bonchev–Trinajstić information content (AvgIpc) is 2.53. The van der Waals surface area contributed by atoms with Crippen molar-refractivity contribution in [1.29, 1.82) is 0 Å². The molecule has 21 heavy (non-hydrogen) atoms. The minimum atomic E-state index is 0.834. The molecule has 1 aliphatic rings. The molecule has 1 saturated heterocycles. The van der Waals surface area contributed by atoms with Crippen molar-refractivity contribution in [3.05, 3.63) is 30.3 Å². The van der Waals surface area contributed by atoms with E-state index in [4.69, 9.17) is 12.2 Å². The number of hydrogen-bond acceptors (Lipinski definition) is 2. The molecular formula is C17H27N3S. The summed E-state index contributed by atoms with van der Waals surface area (Å²) in [5.74, 6) is 0. The number of benzene rings is 1. The molecule has 1 aromatic carbocycles. The van der Waals surface area contributed by atoms with Gasteiger partial charge in [-0.15, -0.1) is 0 Å². The fourth-order valence-electron chi connectivity index (χ4n) is 2.66. The molecule has 1 fully saturated rings. The molecule has 0 unspecified atom stereocenters. The van der Waals surface area contributed by atoms with Gasteiger partial charge in [0.05, 0.1) is 13.3 Å². The van der Waals surface area contributed by atoms with Crippen LogP contribution in [-0.2, 0) is 0 Å². The lowest BCUT2D eigenvalue weighted by atomic mass is 10.1. The summed E-state index contributed by atoms with van der Waals surface area (Å²) >= 11 is 5.43. The zero-order valence-electron chi connectivity index (χ0n) is 13.1. The Morgan fingerprint density at radius 3 is 2.52 bits per heavy atom. The van der Waals surface area contributed by atoms with E-state index in [2.05, 4.69) is 46.3 Å². The van der Waals surface area contributed by atoms with Crippen molar-refractivity contribution in [2.75, 3.05) is 24.8 Å². The van der Waals surface area contributed by atoms with Crippen LogP contribution < -0.4 is 10.2 Å². The fourth-order valence-corrected chi connectivity index (χ4v) is 2.89. The Balaban J connectivity index is 1.74. The lowest BCUT2D eigenvalue weighted by Crippen LogP contribution is -2.56. The van der Waals surface area contributed by atoms with Gasteiger partial charge in [0.25, 0.3) is 0 Å². The van der Waals surface area contributed by atoms with Crippen LogP contribution in [0.15, 0.2) is 30.3 Å². The second kappa shape index (κ2) is 9.00. The zero-order valence-corrected chi connectivity index (χ0v) is 13.9. The van der Waals surface area contributed by atoms with Crippen LogP contribution >= 0.6 is 12.2 Å². The number of hydrogen-bond donors (Lipinski definition) is 1. The molecule has 0 bridgehead atoms. The van der Waals surface area contributed by atoms with E-state index in [0.717, 1.165) is 25.0 Å². The monoisotopic (exact) mass is 305 g/mol.